The lowest BCUT2D eigenvalue weighted by atomic mass is 10.0. The molecule has 1 aromatic heterocycles. The van der Waals surface area contributed by atoms with E-state index in [0.29, 0.717) is 0 Å². The van der Waals surface area contributed by atoms with Crippen molar-refractivity contribution in [1.82, 2.24) is 5.32 Å². The molecule has 1 unspecified atom stereocenters. The molecule has 0 aliphatic carbocycles. The summed E-state index contributed by atoms with van der Waals surface area (Å²) in [6.45, 7) is 4.98. The molecule has 4 heteroatoms. The van der Waals surface area contributed by atoms with Gasteiger partial charge < -0.3 is 9.73 Å². The van der Waals surface area contributed by atoms with Crippen molar-refractivity contribution in [3.63, 3.8) is 0 Å². The van der Waals surface area contributed by atoms with Crippen molar-refractivity contribution in [1.29, 1.82) is 0 Å². The topological polar surface area (TPSA) is 25.2 Å². The van der Waals surface area contributed by atoms with E-state index in [4.69, 9.17) is 4.42 Å². The fourth-order valence-electron chi connectivity index (χ4n) is 2.19. The van der Waals surface area contributed by atoms with Crippen LogP contribution in [0, 0.1) is 12.7 Å². The molecule has 1 heterocycles. The fraction of sp³-hybridized carbons (Fsp3) is 0.375. The molecule has 0 radical (unpaired) electrons. The Morgan fingerprint density at radius 3 is 2.80 bits per heavy atom. The predicted octanol–water partition coefficient (Wildman–Crippen LogP) is 4.77. The highest BCUT2D eigenvalue weighted by molar-refractivity contribution is 9.10. The van der Waals surface area contributed by atoms with E-state index in [2.05, 4.69) is 28.2 Å². The van der Waals surface area contributed by atoms with Crippen LogP contribution < -0.4 is 5.32 Å². The first-order valence-electron chi connectivity index (χ1n) is 6.82. The average molecular weight is 340 g/mol. The Hall–Kier alpha value is -1.13. The lowest BCUT2D eigenvalue weighted by Crippen LogP contribution is -2.23. The number of hydrogen-bond donors (Lipinski definition) is 1. The molecular weight excluding hydrogens is 321 g/mol. The number of halogens is 2. The molecule has 0 aliphatic heterocycles. The van der Waals surface area contributed by atoms with Crippen molar-refractivity contribution in [2.45, 2.75) is 32.7 Å². The smallest absolute Gasteiger partial charge is 0.123 e. The minimum absolute atomic E-state index is 0.130. The van der Waals surface area contributed by atoms with Gasteiger partial charge in [-0.05, 0) is 56.1 Å². The summed E-state index contributed by atoms with van der Waals surface area (Å²) >= 11 is 3.49. The van der Waals surface area contributed by atoms with Crippen molar-refractivity contribution in [2.24, 2.45) is 0 Å². The molecule has 0 saturated carbocycles. The molecule has 0 aliphatic rings. The lowest BCUT2D eigenvalue weighted by Gasteiger charge is -2.18. The van der Waals surface area contributed by atoms with E-state index >= 15 is 0 Å². The molecule has 0 spiro atoms. The van der Waals surface area contributed by atoms with Crippen LogP contribution in [-0.2, 0) is 6.42 Å². The molecule has 1 atom stereocenters. The molecule has 1 N–H and O–H groups in total. The van der Waals surface area contributed by atoms with Crippen LogP contribution in [0.25, 0.3) is 0 Å². The van der Waals surface area contributed by atoms with Gasteiger partial charge in [-0.1, -0.05) is 22.9 Å². The van der Waals surface area contributed by atoms with Crippen molar-refractivity contribution in [3.8, 4) is 0 Å². The molecule has 0 saturated heterocycles. The van der Waals surface area contributed by atoms with Gasteiger partial charge in [0.15, 0.2) is 0 Å². The lowest BCUT2D eigenvalue weighted by molar-refractivity contribution is 0.502. The first-order chi connectivity index (χ1) is 9.60. The highest BCUT2D eigenvalue weighted by atomic mass is 79.9. The van der Waals surface area contributed by atoms with Crippen LogP contribution in [0.4, 0.5) is 4.39 Å². The van der Waals surface area contributed by atoms with Gasteiger partial charge in [-0.25, -0.2) is 4.39 Å². The molecule has 0 bridgehead atoms. The van der Waals surface area contributed by atoms with Crippen LogP contribution in [0.2, 0.25) is 0 Å². The van der Waals surface area contributed by atoms with Crippen molar-refractivity contribution in [3.05, 3.63) is 57.7 Å². The van der Waals surface area contributed by atoms with Gasteiger partial charge >= 0.3 is 0 Å². The molecule has 2 nitrogen and oxygen atoms in total. The highest BCUT2D eigenvalue weighted by Gasteiger charge is 2.15. The van der Waals surface area contributed by atoms with Gasteiger partial charge in [0.25, 0.3) is 0 Å². The van der Waals surface area contributed by atoms with Gasteiger partial charge in [-0.15, -0.1) is 0 Å². The van der Waals surface area contributed by atoms with Crippen LogP contribution in [0.3, 0.4) is 0 Å². The monoisotopic (exact) mass is 339 g/mol. The summed E-state index contributed by atoms with van der Waals surface area (Å²) in [5.41, 5.74) is 2.06. The van der Waals surface area contributed by atoms with Crippen LogP contribution in [0.1, 0.15) is 36.3 Å². The van der Waals surface area contributed by atoms with Crippen LogP contribution in [0.5, 0.6) is 0 Å². The first kappa shape index (κ1) is 15.3. The second-order valence-electron chi connectivity index (χ2n) is 4.94. The van der Waals surface area contributed by atoms with E-state index in [9.17, 15) is 4.39 Å². The van der Waals surface area contributed by atoms with E-state index in [1.165, 1.54) is 6.07 Å². The Kier molecular flexibility index (Phi) is 5.38. The Morgan fingerprint density at radius 1 is 1.35 bits per heavy atom. The number of benzene rings is 1. The quantitative estimate of drug-likeness (QED) is 0.819. The molecule has 0 amide bonds. The Labute approximate surface area is 127 Å². The van der Waals surface area contributed by atoms with Gasteiger partial charge in [0.05, 0.1) is 6.26 Å². The third-order valence-corrected chi connectivity index (χ3v) is 4.00. The average Bonchev–Trinajstić information content (AvgIpc) is 2.85. The summed E-state index contributed by atoms with van der Waals surface area (Å²) in [5.74, 6) is 0.683. The summed E-state index contributed by atoms with van der Waals surface area (Å²) in [5, 5.41) is 3.49. The summed E-state index contributed by atoms with van der Waals surface area (Å²) in [4.78, 5) is 0. The summed E-state index contributed by atoms with van der Waals surface area (Å²) in [6.07, 6.45) is 3.55. The zero-order chi connectivity index (χ0) is 14.5. The molecule has 1 aromatic carbocycles. The first-order valence-corrected chi connectivity index (χ1v) is 7.61. The summed E-state index contributed by atoms with van der Waals surface area (Å²) in [6, 6.07) is 6.95. The fourth-order valence-corrected chi connectivity index (χ4v) is 2.60. The van der Waals surface area contributed by atoms with Crippen molar-refractivity contribution in [2.75, 3.05) is 6.54 Å². The Morgan fingerprint density at radius 2 is 2.15 bits per heavy atom. The molecular formula is C16H19BrFNO. The summed E-state index contributed by atoms with van der Waals surface area (Å²) < 4.78 is 19.7. The molecule has 20 heavy (non-hydrogen) atoms. The highest BCUT2D eigenvalue weighted by Crippen LogP contribution is 2.26. The van der Waals surface area contributed by atoms with Gasteiger partial charge in [0.2, 0.25) is 0 Å². The predicted molar refractivity (Wildman–Crippen MR) is 82.3 cm³/mol. The van der Waals surface area contributed by atoms with Gasteiger partial charge in [0.1, 0.15) is 11.6 Å². The van der Waals surface area contributed by atoms with E-state index in [1.807, 2.05) is 13.0 Å². The largest absolute Gasteiger partial charge is 0.469 e. The molecule has 2 aromatic rings. The minimum atomic E-state index is -0.208. The number of nitrogens with one attached hydrogen (secondary N) is 1. The third-order valence-electron chi connectivity index (χ3n) is 3.23. The van der Waals surface area contributed by atoms with Gasteiger partial charge in [-0.2, -0.15) is 0 Å². The maximum absolute atomic E-state index is 13.4. The maximum Gasteiger partial charge on any atom is 0.123 e. The van der Waals surface area contributed by atoms with Crippen LogP contribution in [0.15, 0.2) is 39.4 Å². The second kappa shape index (κ2) is 7.04. The molecule has 2 rings (SSSR count). The van der Waals surface area contributed by atoms with E-state index < -0.39 is 0 Å². The van der Waals surface area contributed by atoms with E-state index in [1.54, 1.807) is 18.4 Å². The van der Waals surface area contributed by atoms with Crippen LogP contribution in [-0.4, -0.2) is 6.54 Å². The van der Waals surface area contributed by atoms with Crippen molar-refractivity contribution < 1.29 is 8.81 Å². The van der Waals surface area contributed by atoms with Crippen LogP contribution >= 0.6 is 15.9 Å². The number of furan rings is 1. The summed E-state index contributed by atoms with van der Waals surface area (Å²) in [7, 11) is 0. The minimum Gasteiger partial charge on any atom is -0.469 e. The second-order valence-corrected chi connectivity index (χ2v) is 5.79. The molecule has 0 fully saturated rings. The third kappa shape index (κ3) is 3.93. The maximum atomic E-state index is 13.4. The van der Waals surface area contributed by atoms with Crippen molar-refractivity contribution >= 4 is 15.9 Å². The van der Waals surface area contributed by atoms with E-state index in [-0.39, 0.29) is 11.9 Å². The van der Waals surface area contributed by atoms with E-state index in [0.717, 1.165) is 40.7 Å². The Bertz CT molecular complexity index is 567. The van der Waals surface area contributed by atoms with Gasteiger partial charge in [0, 0.05) is 16.1 Å². The zero-order valence-corrected chi connectivity index (χ0v) is 13.3. The van der Waals surface area contributed by atoms with Gasteiger partial charge in [-0.3, -0.25) is 0 Å². The number of hydrogen-bond acceptors (Lipinski definition) is 2. The Balaban J connectivity index is 2.21. The standard InChI is InChI=1S/C16H19BrFNO/c1-3-6-19-16(13-7-11(2)20-10-13)9-12-8-14(18)4-5-15(12)17/h4-5,7-8,10,16,19H,3,6,9H2,1-2H3. The normalized spacial score (nSPS) is 12.6. The molecule has 108 valence electrons. The number of aryl methyl sites for hydroxylation is 1. The number of rotatable bonds is 6. The SMILES string of the molecule is CCCNC(Cc1cc(F)ccc1Br)c1coc(C)c1. The zero-order valence-electron chi connectivity index (χ0n) is 11.7.